The molecule has 0 spiro atoms. The van der Waals surface area contributed by atoms with Crippen LogP contribution in [0, 0.1) is 0 Å². The van der Waals surface area contributed by atoms with Crippen LogP contribution in [0.2, 0.25) is 0 Å². The lowest BCUT2D eigenvalue weighted by Crippen LogP contribution is -2.07. The highest BCUT2D eigenvalue weighted by atomic mass is 19.3. The van der Waals surface area contributed by atoms with Gasteiger partial charge in [-0.3, -0.25) is 4.79 Å². The first-order valence-electron chi connectivity index (χ1n) is 4.57. The first-order chi connectivity index (χ1) is 7.58. The second-order valence-corrected chi connectivity index (χ2v) is 3.02. The Morgan fingerprint density at radius 1 is 1.38 bits per heavy atom. The van der Waals surface area contributed by atoms with Crippen molar-refractivity contribution < 1.29 is 18.3 Å². The van der Waals surface area contributed by atoms with Crippen molar-refractivity contribution in [1.82, 2.24) is 0 Å². The van der Waals surface area contributed by atoms with Crippen molar-refractivity contribution in [1.29, 1.82) is 0 Å². The van der Waals surface area contributed by atoms with Crippen LogP contribution in [0.3, 0.4) is 0 Å². The molecule has 1 amide bonds. The first-order valence-corrected chi connectivity index (χ1v) is 4.57. The number of hydrogen-bond donors (Lipinski definition) is 1. The molecule has 0 radical (unpaired) electrons. The van der Waals surface area contributed by atoms with Crippen molar-refractivity contribution in [2.24, 2.45) is 5.73 Å². The summed E-state index contributed by atoms with van der Waals surface area (Å²) in [6.45, 7) is -2.82. The van der Waals surface area contributed by atoms with Crippen LogP contribution in [0.1, 0.15) is 12.0 Å². The number of halogens is 2. The lowest BCUT2D eigenvalue weighted by molar-refractivity contribution is -0.117. The molecule has 0 fully saturated rings. The van der Waals surface area contributed by atoms with Crippen molar-refractivity contribution >= 4 is 12.0 Å². The van der Waals surface area contributed by atoms with E-state index in [9.17, 15) is 13.6 Å². The molecule has 0 aliphatic carbocycles. The molecule has 1 aromatic carbocycles. The molecule has 0 heterocycles. The molecule has 2 N–H and O–H groups in total. The van der Waals surface area contributed by atoms with E-state index in [1.54, 1.807) is 24.3 Å². The Kier molecular flexibility index (Phi) is 4.44. The quantitative estimate of drug-likeness (QED) is 0.838. The highest BCUT2D eigenvalue weighted by Gasteiger charge is 2.02. The van der Waals surface area contributed by atoms with E-state index in [-0.39, 0.29) is 12.2 Å². The van der Waals surface area contributed by atoms with Crippen molar-refractivity contribution in [3.8, 4) is 5.75 Å². The van der Waals surface area contributed by atoms with E-state index in [0.717, 1.165) is 5.56 Å². The van der Waals surface area contributed by atoms with Gasteiger partial charge in [-0.15, -0.1) is 0 Å². The van der Waals surface area contributed by atoms with Crippen molar-refractivity contribution in [2.45, 2.75) is 13.0 Å². The Morgan fingerprint density at radius 2 is 2.00 bits per heavy atom. The fraction of sp³-hybridized carbons (Fsp3) is 0.182. The van der Waals surface area contributed by atoms with E-state index < -0.39 is 12.5 Å². The molecule has 16 heavy (non-hydrogen) atoms. The third-order valence-electron chi connectivity index (χ3n) is 1.73. The van der Waals surface area contributed by atoms with Gasteiger partial charge in [-0.2, -0.15) is 8.78 Å². The number of benzene rings is 1. The van der Waals surface area contributed by atoms with Crippen molar-refractivity contribution in [2.75, 3.05) is 0 Å². The summed E-state index contributed by atoms with van der Waals surface area (Å²) in [6.07, 6.45) is 3.43. The Hall–Kier alpha value is -1.91. The molecule has 0 bridgehead atoms. The molecular formula is C11H11F2NO2. The predicted octanol–water partition coefficient (Wildman–Crippen LogP) is 2.18. The Balaban J connectivity index is 2.57. The topological polar surface area (TPSA) is 52.3 Å². The molecule has 5 heteroatoms. The van der Waals surface area contributed by atoms with Gasteiger partial charge >= 0.3 is 6.61 Å². The largest absolute Gasteiger partial charge is 0.435 e. The fourth-order valence-electron chi connectivity index (χ4n) is 1.07. The highest BCUT2D eigenvalue weighted by Crippen LogP contribution is 2.15. The van der Waals surface area contributed by atoms with Crippen molar-refractivity contribution in [3.63, 3.8) is 0 Å². The summed E-state index contributed by atoms with van der Waals surface area (Å²) in [4.78, 5) is 10.4. The van der Waals surface area contributed by atoms with Gasteiger partial charge in [0.05, 0.1) is 0 Å². The minimum Gasteiger partial charge on any atom is -0.435 e. The molecule has 0 saturated carbocycles. The lowest BCUT2D eigenvalue weighted by atomic mass is 10.2. The molecule has 0 aromatic heterocycles. The summed E-state index contributed by atoms with van der Waals surface area (Å²) in [5.74, 6) is -0.323. The number of amides is 1. The van der Waals surface area contributed by atoms with E-state index in [0.29, 0.717) is 0 Å². The number of rotatable bonds is 5. The molecule has 1 rings (SSSR count). The van der Waals surface area contributed by atoms with Gasteiger partial charge in [0.1, 0.15) is 5.75 Å². The summed E-state index contributed by atoms with van der Waals surface area (Å²) in [6, 6.07) is 6.07. The standard InChI is InChI=1S/C11H11F2NO2/c12-11(13)16-9-6-4-8(5-7-9)2-1-3-10(14)15/h1-2,4-7,11H,3H2,(H2,14,15). The van der Waals surface area contributed by atoms with E-state index in [1.807, 2.05) is 0 Å². The minimum absolute atomic E-state index is 0.0991. The zero-order valence-electron chi connectivity index (χ0n) is 8.40. The number of nitrogens with two attached hydrogens (primary N) is 1. The molecule has 86 valence electrons. The van der Waals surface area contributed by atoms with Crippen LogP contribution in [-0.2, 0) is 4.79 Å². The summed E-state index contributed by atoms with van der Waals surface area (Å²) in [5.41, 5.74) is 5.72. The molecule has 0 unspecified atom stereocenters. The third-order valence-corrected chi connectivity index (χ3v) is 1.73. The monoisotopic (exact) mass is 227 g/mol. The third kappa shape index (κ3) is 4.54. The summed E-state index contributed by atoms with van der Waals surface area (Å²) >= 11 is 0. The normalized spacial score (nSPS) is 10.9. The van der Waals surface area contributed by atoms with Gasteiger partial charge < -0.3 is 10.5 Å². The molecular weight excluding hydrogens is 216 g/mol. The van der Waals surface area contributed by atoms with Crippen LogP contribution in [0.15, 0.2) is 30.3 Å². The molecule has 3 nitrogen and oxygen atoms in total. The molecule has 0 saturated heterocycles. The van der Waals surface area contributed by atoms with Gasteiger partial charge in [0.2, 0.25) is 5.91 Å². The van der Waals surface area contributed by atoms with Crippen LogP contribution in [-0.4, -0.2) is 12.5 Å². The summed E-state index contributed by atoms with van der Waals surface area (Å²) in [7, 11) is 0. The van der Waals surface area contributed by atoms with E-state index >= 15 is 0 Å². The smallest absolute Gasteiger partial charge is 0.387 e. The zero-order chi connectivity index (χ0) is 12.0. The predicted molar refractivity (Wildman–Crippen MR) is 55.9 cm³/mol. The first kappa shape index (κ1) is 12.2. The van der Waals surface area contributed by atoms with Crippen LogP contribution in [0.25, 0.3) is 6.08 Å². The summed E-state index contributed by atoms with van der Waals surface area (Å²) in [5, 5.41) is 0. The average Bonchev–Trinajstić information content (AvgIpc) is 2.19. The Labute approximate surface area is 91.5 Å². The molecule has 0 atom stereocenters. The fourth-order valence-corrected chi connectivity index (χ4v) is 1.07. The molecule has 0 aliphatic heterocycles. The second-order valence-electron chi connectivity index (χ2n) is 3.02. The molecule has 0 aliphatic rings. The number of ether oxygens (including phenoxy) is 1. The highest BCUT2D eigenvalue weighted by molar-refractivity contribution is 5.76. The number of primary amides is 1. The lowest BCUT2D eigenvalue weighted by Gasteiger charge is -2.03. The van der Waals surface area contributed by atoms with Gasteiger partial charge in [-0.1, -0.05) is 24.3 Å². The molecule has 1 aromatic rings. The Bertz CT molecular complexity index is 374. The maximum absolute atomic E-state index is 11.8. The van der Waals surface area contributed by atoms with Gasteiger partial charge in [-0.05, 0) is 17.7 Å². The number of carbonyl (C=O) groups is 1. The van der Waals surface area contributed by atoms with Crippen molar-refractivity contribution in [3.05, 3.63) is 35.9 Å². The van der Waals surface area contributed by atoms with E-state index in [4.69, 9.17) is 5.73 Å². The average molecular weight is 227 g/mol. The van der Waals surface area contributed by atoms with Crippen LogP contribution >= 0.6 is 0 Å². The maximum Gasteiger partial charge on any atom is 0.387 e. The minimum atomic E-state index is -2.82. The van der Waals surface area contributed by atoms with Gasteiger partial charge in [-0.25, -0.2) is 0 Å². The van der Waals surface area contributed by atoms with E-state index in [2.05, 4.69) is 4.74 Å². The number of carbonyl (C=O) groups excluding carboxylic acids is 1. The van der Waals surface area contributed by atoms with Gasteiger partial charge in [0.25, 0.3) is 0 Å². The Morgan fingerprint density at radius 3 is 2.50 bits per heavy atom. The SMILES string of the molecule is NC(=O)CC=Cc1ccc(OC(F)F)cc1. The number of hydrogen-bond acceptors (Lipinski definition) is 2. The maximum atomic E-state index is 11.8. The van der Waals surface area contributed by atoms with Gasteiger partial charge in [0.15, 0.2) is 0 Å². The second kappa shape index (κ2) is 5.85. The van der Waals surface area contributed by atoms with Gasteiger partial charge in [0, 0.05) is 6.42 Å². The number of alkyl halides is 2. The summed E-state index contributed by atoms with van der Waals surface area (Å²) < 4.78 is 27.8. The van der Waals surface area contributed by atoms with Crippen LogP contribution in [0.5, 0.6) is 5.75 Å². The van der Waals surface area contributed by atoms with Crippen LogP contribution in [0.4, 0.5) is 8.78 Å². The zero-order valence-corrected chi connectivity index (χ0v) is 8.40. The van der Waals surface area contributed by atoms with E-state index in [1.165, 1.54) is 12.1 Å². The van der Waals surface area contributed by atoms with Crippen LogP contribution < -0.4 is 10.5 Å².